The second-order valence-electron chi connectivity index (χ2n) is 7.43. The molecule has 1 atom stereocenters. The fraction of sp³-hybridized carbons (Fsp3) is 0.375. The van der Waals surface area contributed by atoms with E-state index in [1.165, 1.54) is 0 Å². The molecule has 1 aromatic carbocycles. The third-order valence-corrected chi connectivity index (χ3v) is 5.55. The lowest BCUT2D eigenvalue weighted by Crippen LogP contribution is -2.35. The van der Waals surface area contributed by atoms with E-state index in [2.05, 4.69) is 24.1 Å². The van der Waals surface area contributed by atoms with Crippen molar-refractivity contribution in [3.8, 4) is 17.2 Å². The first-order chi connectivity index (χ1) is 14.5. The van der Waals surface area contributed by atoms with Gasteiger partial charge in [0.05, 0.1) is 5.69 Å². The molecular weight excluding hydrogens is 396 g/mol. The summed E-state index contributed by atoms with van der Waals surface area (Å²) in [5.74, 6) is 0.538. The number of carbonyl (C=O) groups excluding carboxylic acids is 1. The van der Waals surface area contributed by atoms with Crippen LogP contribution in [0.1, 0.15) is 61.8 Å². The fourth-order valence-corrected chi connectivity index (χ4v) is 3.82. The molecule has 0 radical (unpaired) electrons. The van der Waals surface area contributed by atoms with Crippen molar-refractivity contribution >= 4 is 17.5 Å². The molecule has 0 fully saturated rings. The van der Waals surface area contributed by atoms with Gasteiger partial charge in [-0.15, -0.1) is 0 Å². The zero-order chi connectivity index (χ0) is 21.7. The topological polar surface area (TPSA) is 59.8 Å². The SMILES string of the molecule is CCCC(CC)NC(=O)c1nc(-c2ncccc2C)n(-c2ccc(Cl)cc2)c1CC. The number of imidazole rings is 1. The van der Waals surface area contributed by atoms with Gasteiger partial charge in [-0.1, -0.05) is 44.9 Å². The van der Waals surface area contributed by atoms with Crippen LogP contribution in [0.3, 0.4) is 0 Å². The number of hydrogen-bond donors (Lipinski definition) is 1. The Labute approximate surface area is 183 Å². The summed E-state index contributed by atoms with van der Waals surface area (Å²) in [5, 5.41) is 3.83. The molecule has 0 bridgehead atoms. The second-order valence-corrected chi connectivity index (χ2v) is 7.87. The van der Waals surface area contributed by atoms with Crippen molar-refractivity contribution in [2.75, 3.05) is 0 Å². The highest BCUT2D eigenvalue weighted by Gasteiger charge is 2.25. The lowest BCUT2D eigenvalue weighted by Gasteiger charge is -2.16. The Morgan fingerprint density at radius 1 is 1.17 bits per heavy atom. The molecule has 0 saturated carbocycles. The molecule has 0 aliphatic heterocycles. The monoisotopic (exact) mass is 424 g/mol. The van der Waals surface area contributed by atoms with Gasteiger partial charge in [-0.05, 0) is 62.1 Å². The quantitative estimate of drug-likeness (QED) is 0.499. The minimum atomic E-state index is -0.130. The van der Waals surface area contributed by atoms with Crippen LogP contribution in [0, 0.1) is 6.92 Å². The van der Waals surface area contributed by atoms with E-state index in [1.54, 1.807) is 6.20 Å². The molecule has 1 unspecified atom stereocenters. The van der Waals surface area contributed by atoms with Crippen LogP contribution in [0.2, 0.25) is 5.02 Å². The Hall–Kier alpha value is -2.66. The number of nitrogens with zero attached hydrogens (tertiary/aromatic N) is 3. The fourth-order valence-electron chi connectivity index (χ4n) is 3.69. The Kier molecular flexibility index (Phi) is 7.27. The van der Waals surface area contributed by atoms with E-state index in [-0.39, 0.29) is 11.9 Å². The Balaban J connectivity index is 2.17. The Bertz CT molecular complexity index is 1010. The van der Waals surface area contributed by atoms with Crippen LogP contribution in [0.25, 0.3) is 17.2 Å². The van der Waals surface area contributed by atoms with E-state index in [0.717, 1.165) is 41.9 Å². The van der Waals surface area contributed by atoms with Gasteiger partial charge in [0, 0.05) is 22.9 Å². The van der Waals surface area contributed by atoms with Gasteiger partial charge in [-0.25, -0.2) is 4.98 Å². The number of benzene rings is 1. The average molecular weight is 425 g/mol. The molecule has 6 heteroatoms. The lowest BCUT2D eigenvalue weighted by molar-refractivity contribution is 0.0928. The van der Waals surface area contributed by atoms with Crippen molar-refractivity contribution < 1.29 is 4.79 Å². The molecule has 1 N–H and O–H groups in total. The smallest absolute Gasteiger partial charge is 0.272 e. The Morgan fingerprint density at radius 3 is 2.50 bits per heavy atom. The minimum Gasteiger partial charge on any atom is -0.348 e. The summed E-state index contributed by atoms with van der Waals surface area (Å²) >= 11 is 6.11. The van der Waals surface area contributed by atoms with E-state index >= 15 is 0 Å². The van der Waals surface area contributed by atoms with Gasteiger partial charge >= 0.3 is 0 Å². The van der Waals surface area contributed by atoms with E-state index in [1.807, 2.05) is 54.8 Å². The van der Waals surface area contributed by atoms with Crippen LogP contribution in [0.15, 0.2) is 42.6 Å². The summed E-state index contributed by atoms with van der Waals surface area (Å²) in [4.78, 5) is 22.6. The van der Waals surface area contributed by atoms with Gasteiger partial charge in [-0.2, -0.15) is 0 Å². The molecule has 158 valence electrons. The first kappa shape index (κ1) is 22.0. The summed E-state index contributed by atoms with van der Waals surface area (Å²) in [5.41, 5.74) is 4.00. The maximum absolute atomic E-state index is 13.2. The first-order valence-electron chi connectivity index (χ1n) is 10.6. The molecule has 0 aliphatic rings. The summed E-state index contributed by atoms with van der Waals surface area (Å²) in [6.07, 6.45) is 5.29. The molecule has 2 aromatic heterocycles. The van der Waals surface area contributed by atoms with Crippen LogP contribution < -0.4 is 5.32 Å². The van der Waals surface area contributed by atoms with Crippen LogP contribution in [-0.2, 0) is 6.42 Å². The predicted octanol–water partition coefficient (Wildman–Crippen LogP) is 5.77. The number of pyridine rings is 1. The summed E-state index contributed by atoms with van der Waals surface area (Å²) in [6, 6.07) is 11.6. The van der Waals surface area contributed by atoms with Crippen molar-refractivity contribution in [3.05, 3.63) is 64.6 Å². The molecule has 2 heterocycles. The maximum atomic E-state index is 13.2. The van der Waals surface area contributed by atoms with Crippen LogP contribution in [0.5, 0.6) is 0 Å². The third kappa shape index (κ3) is 4.57. The highest BCUT2D eigenvalue weighted by Crippen LogP contribution is 2.29. The normalized spacial score (nSPS) is 12.0. The predicted molar refractivity (Wildman–Crippen MR) is 122 cm³/mol. The minimum absolute atomic E-state index is 0.130. The zero-order valence-corrected chi connectivity index (χ0v) is 18.8. The molecule has 0 spiro atoms. The number of aromatic nitrogens is 3. The van der Waals surface area contributed by atoms with Crippen LogP contribution in [0.4, 0.5) is 0 Å². The van der Waals surface area contributed by atoms with Gasteiger partial charge in [0.25, 0.3) is 5.91 Å². The second kappa shape index (κ2) is 9.90. The molecule has 0 aliphatic carbocycles. The number of aryl methyl sites for hydroxylation is 1. The van der Waals surface area contributed by atoms with E-state index in [9.17, 15) is 4.79 Å². The molecule has 5 nitrogen and oxygen atoms in total. The van der Waals surface area contributed by atoms with E-state index in [0.29, 0.717) is 23.0 Å². The number of nitrogens with one attached hydrogen (secondary N) is 1. The van der Waals surface area contributed by atoms with Crippen molar-refractivity contribution in [1.29, 1.82) is 0 Å². The van der Waals surface area contributed by atoms with Crippen molar-refractivity contribution in [2.24, 2.45) is 0 Å². The lowest BCUT2D eigenvalue weighted by atomic mass is 10.1. The number of amides is 1. The Morgan fingerprint density at radius 2 is 1.90 bits per heavy atom. The standard InChI is InChI=1S/C24H29ClN4O/c1-5-9-18(6-2)27-24(30)22-20(7-3)29(19-13-11-17(25)12-14-19)23(28-22)21-16(4)10-8-15-26-21/h8,10-15,18H,5-7,9H2,1-4H3,(H,27,30). The maximum Gasteiger partial charge on any atom is 0.272 e. The number of rotatable bonds is 8. The highest BCUT2D eigenvalue weighted by atomic mass is 35.5. The van der Waals surface area contributed by atoms with Gasteiger partial charge in [-0.3, -0.25) is 14.3 Å². The van der Waals surface area contributed by atoms with Crippen molar-refractivity contribution in [1.82, 2.24) is 19.9 Å². The molecular formula is C24H29ClN4O. The third-order valence-electron chi connectivity index (χ3n) is 5.29. The highest BCUT2D eigenvalue weighted by molar-refractivity contribution is 6.30. The van der Waals surface area contributed by atoms with E-state index in [4.69, 9.17) is 16.6 Å². The average Bonchev–Trinajstić information content (AvgIpc) is 3.13. The summed E-state index contributed by atoms with van der Waals surface area (Å²) in [6.45, 7) is 8.27. The molecule has 3 rings (SSSR count). The van der Waals surface area contributed by atoms with Gasteiger partial charge in [0.2, 0.25) is 0 Å². The molecule has 3 aromatic rings. The first-order valence-corrected chi connectivity index (χ1v) is 11.0. The van der Waals surface area contributed by atoms with Crippen molar-refractivity contribution in [2.45, 2.75) is 59.4 Å². The number of halogens is 1. The molecule has 1 amide bonds. The van der Waals surface area contributed by atoms with Crippen LogP contribution >= 0.6 is 11.6 Å². The summed E-state index contributed by atoms with van der Waals surface area (Å²) < 4.78 is 2.03. The summed E-state index contributed by atoms with van der Waals surface area (Å²) in [7, 11) is 0. The molecule has 30 heavy (non-hydrogen) atoms. The molecule has 0 saturated heterocycles. The number of hydrogen-bond acceptors (Lipinski definition) is 3. The number of carbonyl (C=O) groups is 1. The van der Waals surface area contributed by atoms with Crippen molar-refractivity contribution in [3.63, 3.8) is 0 Å². The van der Waals surface area contributed by atoms with Crippen LogP contribution in [-0.4, -0.2) is 26.5 Å². The van der Waals surface area contributed by atoms with Gasteiger partial charge in [0.1, 0.15) is 5.69 Å². The largest absolute Gasteiger partial charge is 0.348 e. The zero-order valence-electron chi connectivity index (χ0n) is 18.1. The van der Waals surface area contributed by atoms with Gasteiger partial charge in [0.15, 0.2) is 11.5 Å². The van der Waals surface area contributed by atoms with Gasteiger partial charge < -0.3 is 5.32 Å². The van der Waals surface area contributed by atoms with E-state index < -0.39 is 0 Å².